The summed E-state index contributed by atoms with van der Waals surface area (Å²) in [4.78, 5) is 14.3. The van der Waals surface area contributed by atoms with Gasteiger partial charge < -0.3 is 15.1 Å². The molecule has 1 aliphatic carbocycles. The predicted molar refractivity (Wildman–Crippen MR) is 142 cm³/mol. The fourth-order valence-electron chi connectivity index (χ4n) is 5.08. The van der Waals surface area contributed by atoms with Crippen LogP contribution in [0.4, 0.5) is 24.7 Å². The molecule has 1 aromatic carbocycles. The van der Waals surface area contributed by atoms with Crippen LogP contribution in [0.5, 0.6) is 0 Å². The molecule has 5 nitrogen and oxygen atoms in total. The van der Waals surface area contributed by atoms with Crippen LogP contribution in [-0.2, 0) is 6.54 Å². The molecule has 1 saturated heterocycles. The highest BCUT2D eigenvalue weighted by molar-refractivity contribution is 5.97. The Morgan fingerprint density at radius 3 is 2.25 bits per heavy atom. The van der Waals surface area contributed by atoms with Crippen molar-refractivity contribution in [1.82, 2.24) is 14.8 Å². The van der Waals surface area contributed by atoms with Gasteiger partial charge in [-0.3, -0.25) is 0 Å². The standard InChI is InChI=1S/C25H31N5.C2H4.CHF3/c1-16-10-20(13-27-23-18(3)9-17(2)12-26-23)22-21(11-16)19(4)29(5)24(28-22)30-14-25(15-30)7-6-8-25;1-2;2-1(3)4/h9-12H,4,6-8,13-15H2,1-3,5H3,(H,26,27);1-2H2;1H. The average Bonchev–Trinajstić information content (AvgIpc) is 2.76. The number of nitrogens with one attached hydrogen (secondary N) is 1. The fourth-order valence-corrected chi connectivity index (χ4v) is 5.08. The van der Waals surface area contributed by atoms with Gasteiger partial charge in [0.05, 0.1) is 5.69 Å². The number of hydrogen-bond donors (Lipinski definition) is 1. The summed E-state index contributed by atoms with van der Waals surface area (Å²) in [7, 11) is 2.09. The number of guanidine groups is 1. The van der Waals surface area contributed by atoms with Crippen molar-refractivity contribution >= 4 is 23.2 Å². The van der Waals surface area contributed by atoms with Gasteiger partial charge in [-0.15, -0.1) is 13.2 Å². The number of likely N-dealkylation sites (tertiary alicyclic amines) is 1. The van der Waals surface area contributed by atoms with E-state index in [2.05, 4.69) is 85.9 Å². The molecule has 0 unspecified atom stereocenters. The molecule has 1 aromatic heterocycles. The number of anilines is 1. The number of alkyl halides is 3. The number of pyridine rings is 1. The van der Waals surface area contributed by atoms with Gasteiger partial charge in [0.1, 0.15) is 5.82 Å². The maximum absolute atomic E-state index is 9.67. The summed E-state index contributed by atoms with van der Waals surface area (Å²) in [6.45, 7) is 16.0. The molecule has 1 spiro atoms. The zero-order valence-electron chi connectivity index (χ0n) is 21.7. The van der Waals surface area contributed by atoms with Crippen molar-refractivity contribution < 1.29 is 13.2 Å². The van der Waals surface area contributed by atoms with E-state index in [1.165, 1.54) is 36.0 Å². The maximum atomic E-state index is 9.67. The smallest absolute Gasteiger partial charge is 0.366 e. The number of hydrogen-bond acceptors (Lipinski definition) is 5. The molecule has 3 heterocycles. The zero-order chi connectivity index (χ0) is 26.6. The molecule has 2 aliphatic heterocycles. The van der Waals surface area contributed by atoms with Gasteiger partial charge in [0.15, 0.2) is 0 Å². The number of benzene rings is 1. The lowest BCUT2D eigenvalue weighted by Gasteiger charge is -2.58. The Kier molecular flexibility index (Phi) is 8.48. The van der Waals surface area contributed by atoms with E-state index < -0.39 is 6.68 Å². The van der Waals surface area contributed by atoms with E-state index >= 15 is 0 Å². The predicted octanol–water partition coefficient (Wildman–Crippen LogP) is 6.99. The first-order valence-corrected chi connectivity index (χ1v) is 12.1. The molecule has 5 rings (SSSR count). The second kappa shape index (κ2) is 11.2. The number of rotatable bonds is 3. The molecule has 0 amide bonds. The number of aliphatic imine (C=N–C) groups is 1. The van der Waals surface area contributed by atoms with E-state index in [0.717, 1.165) is 47.4 Å². The summed E-state index contributed by atoms with van der Waals surface area (Å²) in [6, 6.07) is 6.60. The van der Waals surface area contributed by atoms with Gasteiger partial charge in [-0.25, -0.2) is 9.98 Å². The number of fused-ring (bicyclic) bond motifs is 1. The zero-order valence-corrected chi connectivity index (χ0v) is 21.7. The van der Waals surface area contributed by atoms with Crippen LogP contribution in [0.2, 0.25) is 0 Å². The summed E-state index contributed by atoms with van der Waals surface area (Å²) in [5, 5.41) is 3.53. The number of aryl methyl sites for hydroxylation is 3. The van der Waals surface area contributed by atoms with Crippen LogP contribution >= 0.6 is 0 Å². The van der Waals surface area contributed by atoms with Crippen molar-refractivity contribution in [3.8, 4) is 0 Å². The van der Waals surface area contributed by atoms with E-state index in [1.54, 1.807) is 0 Å². The second-order valence-corrected chi connectivity index (χ2v) is 9.73. The van der Waals surface area contributed by atoms with E-state index in [4.69, 9.17) is 4.99 Å². The molecule has 2 aromatic rings. The highest BCUT2D eigenvalue weighted by Gasteiger charge is 2.49. The largest absolute Gasteiger partial charge is 0.379 e. The number of nitrogens with zero attached hydrogens (tertiary/aromatic N) is 4. The van der Waals surface area contributed by atoms with Crippen molar-refractivity contribution in [2.75, 3.05) is 25.5 Å². The molecule has 0 radical (unpaired) electrons. The van der Waals surface area contributed by atoms with Gasteiger partial charge in [-0.05, 0) is 61.9 Å². The Labute approximate surface area is 212 Å². The van der Waals surface area contributed by atoms with E-state index in [9.17, 15) is 13.2 Å². The van der Waals surface area contributed by atoms with Crippen molar-refractivity contribution in [3.05, 3.63) is 72.0 Å². The van der Waals surface area contributed by atoms with E-state index in [0.29, 0.717) is 12.0 Å². The summed E-state index contributed by atoms with van der Waals surface area (Å²) >= 11 is 0. The third kappa shape index (κ3) is 5.74. The average molecular weight is 500 g/mol. The minimum Gasteiger partial charge on any atom is -0.366 e. The molecule has 0 bridgehead atoms. The first-order chi connectivity index (χ1) is 17.1. The third-order valence-corrected chi connectivity index (χ3v) is 6.97. The SMILES string of the molecule is C=C.C=C1c2cc(C)cc(CNc3ncc(C)cc3C)c2N=C(N2CC3(CCC3)C2)N1C.FC(F)F. The summed E-state index contributed by atoms with van der Waals surface area (Å²) in [5.41, 5.74) is 8.53. The summed E-state index contributed by atoms with van der Waals surface area (Å²) < 4.78 is 29.0. The molecule has 0 atom stereocenters. The topological polar surface area (TPSA) is 43.8 Å². The normalized spacial score (nSPS) is 17.1. The summed E-state index contributed by atoms with van der Waals surface area (Å²) in [5.74, 6) is 1.97. The highest BCUT2D eigenvalue weighted by Crippen LogP contribution is 2.49. The highest BCUT2D eigenvalue weighted by atomic mass is 19.4. The Hall–Kier alpha value is -3.29. The van der Waals surface area contributed by atoms with E-state index in [1.807, 2.05) is 6.20 Å². The maximum Gasteiger partial charge on any atom is 0.379 e. The minimum atomic E-state index is -3.67. The van der Waals surface area contributed by atoms with E-state index in [-0.39, 0.29) is 0 Å². The first-order valence-electron chi connectivity index (χ1n) is 12.1. The van der Waals surface area contributed by atoms with Crippen molar-refractivity contribution in [2.24, 2.45) is 10.4 Å². The van der Waals surface area contributed by atoms with Crippen LogP contribution in [0.25, 0.3) is 5.70 Å². The van der Waals surface area contributed by atoms with Crippen LogP contribution in [-0.4, -0.2) is 47.6 Å². The minimum absolute atomic E-state index is 0.567. The van der Waals surface area contributed by atoms with Gasteiger partial charge in [0.2, 0.25) is 5.96 Å². The first kappa shape index (κ1) is 27.3. The summed E-state index contributed by atoms with van der Waals surface area (Å²) in [6.07, 6.45) is 6.03. The lowest BCUT2D eigenvalue weighted by atomic mass is 9.63. The Morgan fingerprint density at radius 2 is 1.69 bits per heavy atom. The van der Waals surface area contributed by atoms with Gasteiger partial charge in [-0.2, -0.15) is 13.2 Å². The molecular formula is C28H36F3N5. The van der Waals surface area contributed by atoms with Crippen molar-refractivity contribution in [3.63, 3.8) is 0 Å². The molecule has 8 heteroatoms. The quantitative estimate of drug-likeness (QED) is 0.462. The fraction of sp³-hybridized carbons (Fsp3) is 0.429. The molecule has 1 saturated carbocycles. The van der Waals surface area contributed by atoms with Crippen LogP contribution < -0.4 is 5.32 Å². The molecule has 2 fully saturated rings. The molecule has 1 N–H and O–H groups in total. The lowest BCUT2D eigenvalue weighted by molar-refractivity contribution is -0.0216. The Morgan fingerprint density at radius 1 is 1.06 bits per heavy atom. The second-order valence-electron chi connectivity index (χ2n) is 9.73. The van der Waals surface area contributed by atoms with Gasteiger partial charge >= 0.3 is 6.68 Å². The van der Waals surface area contributed by atoms with Gasteiger partial charge in [-0.1, -0.05) is 25.1 Å². The molecule has 36 heavy (non-hydrogen) atoms. The molecule has 3 aliphatic rings. The van der Waals surface area contributed by atoms with Crippen LogP contribution in [0.15, 0.2) is 49.1 Å². The van der Waals surface area contributed by atoms with Crippen molar-refractivity contribution in [1.29, 1.82) is 0 Å². The molecular weight excluding hydrogens is 463 g/mol. The van der Waals surface area contributed by atoms with Gasteiger partial charge in [0.25, 0.3) is 0 Å². The number of aromatic nitrogens is 1. The van der Waals surface area contributed by atoms with Crippen molar-refractivity contribution in [2.45, 2.75) is 53.3 Å². The monoisotopic (exact) mass is 499 g/mol. The van der Waals surface area contributed by atoms with Crippen LogP contribution in [0, 0.1) is 26.2 Å². The van der Waals surface area contributed by atoms with Crippen LogP contribution in [0.3, 0.4) is 0 Å². The lowest BCUT2D eigenvalue weighted by Crippen LogP contribution is -2.63. The van der Waals surface area contributed by atoms with Crippen LogP contribution in [0.1, 0.15) is 47.1 Å². The molecule has 194 valence electrons. The number of halogens is 3. The Balaban J connectivity index is 0.000000550. The van der Waals surface area contributed by atoms with Gasteiger partial charge in [0, 0.05) is 49.6 Å². The third-order valence-electron chi connectivity index (χ3n) is 6.97. The Bertz CT molecular complexity index is 1130.